The minimum Gasteiger partial charge on any atom is -0.370 e. The van der Waals surface area contributed by atoms with Crippen LogP contribution in [0.2, 0.25) is 0 Å². The summed E-state index contributed by atoms with van der Waals surface area (Å²) in [6, 6.07) is 0. The predicted molar refractivity (Wildman–Crippen MR) is 44.0 cm³/mol. The number of primary amides is 1. The van der Waals surface area contributed by atoms with Gasteiger partial charge in [-0.3, -0.25) is 4.79 Å². The molecule has 4 heteroatoms. The summed E-state index contributed by atoms with van der Waals surface area (Å²) in [5.74, 6) is -0.434. The van der Waals surface area contributed by atoms with Crippen molar-refractivity contribution in [1.29, 1.82) is 0 Å². The van der Waals surface area contributed by atoms with E-state index in [0.29, 0.717) is 0 Å². The molecule has 1 unspecified atom stereocenters. The fourth-order valence-electron chi connectivity index (χ4n) is 0.771. The zero-order chi connectivity index (χ0) is 8.27. The van der Waals surface area contributed by atoms with Crippen molar-refractivity contribution >= 4 is 17.2 Å². The lowest BCUT2D eigenvalue weighted by molar-refractivity contribution is -0.118. The van der Waals surface area contributed by atoms with Gasteiger partial charge in [0, 0.05) is 17.7 Å². The number of hydrogen-bond donors (Lipinski definition) is 1. The van der Waals surface area contributed by atoms with Gasteiger partial charge in [-0.2, -0.15) is 0 Å². The van der Waals surface area contributed by atoms with Crippen LogP contribution < -0.4 is 5.73 Å². The third kappa shape index (κ3) is 2.31. The van der Waals surface area contributed by atoms with Gasteiger partial charge in [-0.25, -0.2) is 4.98 Å². The largest absolute Gasteiger partial charge is 0.370 e. The summed E-state index contributed by atoms with van der Waals surface area (Å²) in [6.07, 6.45) is 0.268. The second kappa shape index (κ2) is 3.48. The Balaban J connectivity index is 2.56. The molecule has 0 aliphatic rings. The Morgan fingerprint density at radius 3 is 3.09 bits per heavy atom. The minimum atomic E-state index is -0.335. The Morgan fingerprint density at radius 2 is 2.64 bits per heavy atom. The SMILES string of the molecule is [CH2]C(CC(N)=O)c1cscn1. The van der Waals surface area contributed by atoms with Crippen LogP contribution in [0.1, 0.15) is 18.0 Å². The molecule has 1 aromatic heterocycles. The maximum absolute atomic E-state index is 10.5. The molecule has 59 valence electrons. The molecule has 1 radical (unpaired) electrons. The quantitative estimate of drug-likeness (QED) is 0.732. The lowest BCUT2D eigenvalue weighted by Crippen LogP contribution is -2.13. The zero-order valence-electron chi connectivity index (χ0n) is 5.99. The Morgan fingerprint density at radius 1 is 1.91 bits per heavy atom. The van der Waals surface area contributed by atoms with E-state index in [1.807, 2.05) is 5.38 Å². The molecule has 0 aromatic carbocycles. The average Bonchev–Trinajstić information content (AvgIpc) is 2.35. The number of carbonyl (C=O) groups is 1. The van der Waals surface area contributed by atoms with Gasteiger partial charge in [-0.05, 0) is 6.92 Å². The van der Waals surface area contributed by atoms with Crippen LogP contribution in [0.15, 0.2) is 10.9 Å². The molecule has 1 amide bonds. The van der Waals surface area contributed by atoms with Crippen LogP contribution in [0.3, 0.4) is 0 Å². The summed E-state index contributed by atoms with van der Waals surface area (Å²) in [6.45, 7) is 3.76. The molecule has 0 saturated heterocycles. The molecule has 1 heterocycles. The van der Waals surface area contributed by atoms with Crippen molar-refractivity contribution in [3.63, 3.8) is 0 Å². The van der Waals surface area contributed by atoms with Crippen LogP contribution in [-0.2, 0) is 4.79 Å². The van der Waals surface area contributed by atoms with Gasteiger partial charge in [0.15, 0.2) is 0 Å². The van der Waals surface area contributed by atoms with Gasteiger partial charge < -0.3 is 5.73 Å². The second-order valence-electron chi connectivity index (χ2n) is 2.28. The first-order valence-corrected chi connectivity index (χ1v) is 4.14. The van der Waals surface area contributed by atoms with Crippen LogP contribution in [0.4, 0.5) is 0 Å². The first kappa shape index (κ1) is 8.20. The Hall–Kier alpha value is -0.900. The summed E-state index contributed by atoms with van der Waals surface area (Å²) in [5.41, 5.74) is 7.55. The maximum atomic E-state index is 10.5. The molecule has 0 aliphatic heterocycles. The van der Waals surface area contributed by atoms with E-state index < -0.39 is 0 Å². The van der Waals surface area contributed by atoms with Crippen LogP contribution >= 0.6 is 11.3 Å². The normalized spacial score (nSPS) is 12.8. The molecule has 0 saturated carbocycles. The van der Waals surface area contributed by atoms with Crippen molar-refractivity contribution in [2.75, 3.05) is 0 Å². The summed E-state index contributed by atoms with van der Waals surface area (Å²) in [7, 11) is 0. The molecule has 3 nitrogen and oxygen atoms in total. The van der Waals surface area contributed by atoms with Crippen molar-refractivity contribution in [2.24, 2.45) is 5.73 Å². The summed E-state index contributed by atoms with van der Waals surface area (Å²) < 4.78 is 0. The first-order valence-electron chi connectivity index (χ1n) is 3.19. The molecular weight excluding hydrogens is 160 g/mol. The first-order chi connectivity index (χ1) is 5.20. The Bertz CT molecular complexity index is 233. The van der Waals surface area contributed by atoms with Crippen molar-refractivity contribution < 1.29 is 4.79 Å². The molecule has 0 aliphatic carbocycles. The summed E-state index contributed by atoms with van der Waals surface area (Å²) >= 11 is 1.49. The van der Waals surface area contributed by atoms with Crippen LogP contribution in [0.25, 0.3) is 0 Å². The van der Waals surface area contributed by atoms with Gasteiger partial charge in [0.05, 0.1) is 11.2 Å². The van der Waals surface area contributed by atoms with Gasteiger partial charge in [0.2, 0.25) is 5.91 Å². The maximum Gasteiger partial charge on any atom is 0.218 e. The molecule has 1 aromatic rings. The van der Waals surface area contributed by atoms with Crippen molar-refractivity contribution in [2.45, 2.75) is 12.3 Å². The Labute approximate surface area is 69.3 Å². The fraction of sp³-hybridized carbons (Fsp3) is 0.286. The highest BCUT2D eigenvalue weighted by Gasteiger charge is 2.09. The van der Waals surface area contributed by atoms with Crippen LogP contribution in [0.5, 0.6) is 0 Å². The van der Waals surface area contributed by atoms with E-state index in [1.165, 1.54) is 11.3 Å². The molecule has 2 N–H and O–H groups in total. The summed E-state index contributed by atoms with van der Waals surface area (Å²) in [4.78, 5) is 14.5. The highest BCUT2D eigenvalue weighted by molar-refractivity contribution is 7.07. The number of nitrogens with two attached hydrogens (primary N) is 1. The number of hydrogen-bond acceptors (Lipinski definition) is 3. The standard InChI is InChI=1S/C7H9N2OS/c1-5(2-7(8)10)6-3-11-4-9-6/h3-5H,1-2H2,(H2,8,10). The number of aromatic nitrogens is 1. The lowest BCUT2D eigenvalue weighted by atomic mass is 10.1. The van der Waals surface area contributed by atoms with Crippen molar-refractivity contribution in [3.8, 4) is 0 Å². The van der Waals surface area contributed by atoms with E-state index >= 15 is 0 Å². The molecule has 0 fully saturated rings. The molecule has 0 bridgehead atoms. The van der Waals surface area contributed by atoms with Gasteiger partial charge in [0.1, 0.15) is 0 Å². The van der Waals surface area contributed by atoms with E-state index in [9.17, 15) is 4.79 Å². The van der Waals surface area contributed by atoms with E-state index in [4.69, 9.17) is 5.73 Å². The highest BCUT2D eigenvalue weighted by atomic mass is 32.1. The number of carbonyl (C=O) groups excluding carboxylic acids is 1. The van der Waals surface area contributed by atoms with Crippen molar-refractivity contribution in [1.82, 2.24) is 4.98 Å². The van der Waals surface area contributed by atoms with Gasteiger partial charge in [-0.1, -0.05) is 0 Å². The van der Waals surface area contributed by atoms with E-state index in [-0.39, 0.29) is 18.2 Å². The van der Waals surface area contributed by atoms with Gasteiger partial charge >= 0.3 is 0 Å². The third-order valence-electron chi connectivity index (χ3n) is 1.32. The number of nitrogens with zero attached hydrogens (tertiary/aromatic N) is 1. The predicted octanol–water partition coefficient (Wildman–Crippen LogP) is 0.936. The number of thiazole rings is 1. The minimum absolute atomic E-state index is 0.0984. The summed E-state index contributed by atoms with van der Waals surface area (Å²) in [5, 5.41) is 1.88. The monoisotopic (exact) mass is 169 g/mol. The number of rotatable bonds is 3. The van der Waals surface area contributed by atoms with Crippen LogP contribution in [0, 0.1) is 6.92 Å². The van der Waals surface area contributed by atoms with Crippen molar-refractivity contribution in [3.05, 3.63) is 23.5 Å². The lowest BCUT2D eigenvalue weighted by Gasteiger charge is -2.03. The third-order valence-corrected chi connectivity index (χ3v) is 1.92. The molecule has 1 atom stereocenters. The number of amides is 1. The molecule has 1 rings (SSSR count). The van der Waals surface area contributed by atoms with Gasteiger partial charge in [0.25, 0.3) is 0 Å². The highest BCUT2D eigenvalue weighted by Crippen LogP contribution is 2.17. The fourth-order valence-corrected chi connectivity index (χ4v) is 1.41. The van der Waals surface area contributed by atoms with E-state index in [2.05, 4.69) is 11.9 Å². The van der Waals surface area contributed by atoms with Crippen LogP contribution in [-0.4, -0.2) is 10.9 Å². The molecule has 11 heavy (non-hydrogen) atoms. The smallest absolute Gasteiger partial charge is 0.218 e. The van der Waals surface area contributed by atoms with Gasteiger partial charge in [-0.15, -0.1) is 11.3 Å². The van der Waals surface area contributed by atoms with E-state index in [0.717, 1.165) is 5.69 Å². The molecular formula is C7H9N2OS. The molecule has 0 spiro atoms. The zero-order valence-corrected chi connectivity index (χ0v) is 6.80. The average molecular weight is 169 g/mol. The second-order valence-corrected chi connectivity index (χ2v) is 3.00. The Kier molecular flexibility index (Phi) is 2.59. The topological polar surface area (TPSA) is 56.0 Å². The van der Waals surface area contributed by atoms with E-state index in [1.54, 1.807) is 5.51 Å².